The molecular formula is C12H23N3. The van der Waals surface area contributed by atoms with E-state index >= 15 is 0 Å². The third kappa shape index (κ3) is 4.63. The van der Waals surface area contributed by atoms with Crippen LogP contribution in [-0.4, -0.2) is 37.1 Å². The molecule has 0 aromatic carbocycles. The Labute approximate surface area is 93.5 Å². The third-order valence-electron chi connectivity index (χ3n) is 2.98. The quantitative estimate of drug-likeness (QED) is 0.722. The first-order valence-corrected chi connectivity index (χ1v) is 5.96. The van der Waals surface area contributed by atoms with Crippen molar-refractivity contribution < 1.29 is 0 Å². The van der Waals surface area contributed by atoms with Crippen LogP contribution in [0.3, 0.4) is 0 Å². The number of hydrogen-bond acceptors (Lipinski definition) is 3. The van der Waals surface area contributed by atoms with Gasteiger partial charge in [-0.3, -0.25) is 5.32 Å². The van der Waals surface area contributed by atoms with Crippen molar-refractivity contribution in [2.24, 2.45) is 5.92 Å². The van der Waals surface area contributed by atoms with Crippen LogP contribution in [-0.2, 0) is 0 Å². The average Bonchev–Trinajstić information content (AvgIpc) is 2.09. The highest BCUT2D eigenvalue weighted by atomic mass is 15.1. The summed E-state index contributed by atoms with van der Waals surface area (Å²) in [6, 6.07) is 2.67. The topological polar surface area (TPSA) is 39.1 Å². The summed E-state index contributed by atoms with van der Waals surface area (Å²) in [6.45, 7) is 6.15. The minimum absolute atomic E-state index is 0.0323. The van der Waals surface area contributed by atoms with Crippen LogP contribution in [0.5, 0.6) is 0 Å². The van der Waals surface area contributed by atoms with E-state index in [1.807, 2.05) is 0 Å². The number of rotatable bonds is 6. The largest absolute Gasteiger partial charge is 0.303 e. The number of hydrogen-bond donors (Lipinski definition) is 1. The Bertz CT molecular complexity index is 215. The maximum atomic E-state index is 8.99. The standard InChI is InChI=1S/C12H23N3/c1-10(2)14-12(7-13)9-15(3)8-11-5-4-6-11/h10-12,14H,4-6,8-9H2,1-3H3. The maximum Gasteiger partial charge on any atom is 0.108 e. The van der Waals surface area contributed by atoms with Crippen LogP contribution in [0.15, 0.2) is 0 Å². The first-order chi connectivity index (χ1) is 7.11. The predicted octanol–water partition coefficient (Wildman–Crippen LogP) is 1.61. The fourth-order valence-electron chi connectivity index (χ4n) is 2.04. The molecule has 0 radical (unpaired) electrons. The summed E-state index contributed by atoms with van der Waals surface area (Å²) in [5, 5.41) is 12.3. The Morgan fingerprint density at radius 3 is 2.53 bits per heavy atom. The summed E-state index contributed by atoms with van der Waals surface area (Å²) in [5.41, 5.74) is 0. The molecule has 0 bridgehead atoms. The molecule has 1 saturated carbocycles. The summed E-state index contributed by atoms with van der Waals surface area (Å²) in [6.07, 6.45) is 4.14. The minimum Gasteiger partial charge on any atom is -0.303 e. The zero-order chi connectivity index (χ0) is 11.3. The lowest BCUT2D eigenvalue weighted by Crippen LogP contribution is -2.43. The van der Waals surface area contributed by atoms with Gasteiger partial charge in [-0.25, -0.2) is 0 Å². The SMILES string of the molecule is CC(C)NC(C#N)CN(C)CC1CCC1. The van der Waals surface area contributed by atoms with E-state index in [4.69, 9.17) is 5.26 Å². The Morgan fingerprint density at radius 2 is 2.13 bits per heavy atom. The normalized spacial score (nSPS) is 18.9. The highest BCUT2D eigenvalue weighted by Gasteiger charge is 2.20. The summed E-state index contributed by atoms with van der Waals surface area (Å²) in [7, 11) is 2.12. The monoisotopic (exact) mass is 209 g/mol. The fourth-order valence-corrected chi connectivity index (χ4v) is 2.04. The molecule has 0 aromatic heterocycles. The molecule has 1 unspecified atom stereocenters. The first kappa shape index (κ1) is 12.5. The van der Waals surface area contributed by atoms with Gasteiger partial charge in [0.2, 0.25) is 0 Å². The van der Waals surface area contributed by atoms with Gasteiger partial charge in [0.25, 0.3) is 0 Å². The van der Waals surface area contributed by atoms with Gasteiger partial charge >= 0.3 is 0 Å². The van der Waals surface area contributed by atoms with Gasteiger partial charge in [0.05, 0.1) is 6.07 Å². The van der Waals surface area contributed by atoms with Gasteiger partial charge in [-0.2, -0.15) is 5.26 Å². The Morgan fingerprint density at radius 1 is 1.47 bits per heavy atom. The Hall–Kier alpha value is -0.590. The smallest absolute Gasteiger partial charge is 0.108 e. The molecule has 1 fully saturated rings. The van der Waals surface area contributed by atoms with Gasteiger partial charge < -0.3 is 4.90 Å². The van der Waals surface area contributed by atoms with Gasteiger partial charge in [0, 0.05) is 19.1 Å². The van der Waals surface area contributed by atoms with E-state index in [2.05, 4.69) is 37.2 Å². The van der Waals surface area contributed by atoms with Gasteiger partial charge in [-0.1, -0.05) is 6.42 Å². The van der Waals surface area contributed by atoms with E-state index in [1.54, 1.807) is 0 Å². The highest BCUT2D eigenvalue weighted by Crippen LogP contribution is 2.26. The molecule has 3 nitrogen and oxygen atoms in total. The van der Waals surface area contributed by atoms with Crippen molar-refractivity contribution in [3.63, 3.8) is 0 Å². The van der Waals surface area contributed by atoms with Gasteiger partial charge in [-0.15, -0.1) is 0 Å². The number of nitrogens with one attached hydrogen (secondary N) is 1. The summed E-state index contributed by atoms with van der Waals surface area (Å²) in [5.74, 6) is 0.883. The number of likely N-dealkylation sites (N-methyl/N-ethyl adjacent to an activating group) is 1. The molecule has 1 N–H and O–H groups in total. The zero-order valence-corrected chi connectivity index (χ0v) is 10.2. The lowest BCUT2D eigenvalue weighted by Gasteiger charge is -2.31. The van der Waals surface area contributed by atoms with Crippen molar-refractivity contribution in [2.75, 3.05) is 20.1 Å². The van der Waals surface area contributed by atoms with E-state index in [1.165, 1.54) is 19.3 Å². The van der Waals surface area contributed by atoms with Crippen LogP contribution in [0, 0.1) is 17.2 Å². The van der Waals surface area contributed by atoms with Gasteiger partial charge in [0.1, 0.15) is 6.04 Å². The lowest BCUT2D eigenvalue weighted by atomic mass is 9.85. The van der Waals surface area contributed by atoms with Crippen LogP contribution in [0.25, 0.3) is 0 Å². The molecule has 0 heterocycles. The molecule has 0 spiro atoms. The van der Waals surface area contributed by atoms with Crippen LogP contribution in [0.1, 0.15) is 33.1 Å². The summed E-state index contributed by atoms with van der Waals surface area (Å²) in [4.78, 5) is 2.28. The minimum atomic E-state index is -0.0323. The molecule has 86 valence electrons. The zero-order valence-electron chi connectivity index (χ0n) is 10.2. The van der Waals surface area contributed by atoms with Crippen molar-refractivity contribution in [1.29, 1.82) is 5.26 Å². The summed E-state index contributed by atoms with van der Waals surface area (Å²) >= 11 is 0. The summed E-state index contributed by atoms with van der Waals surface area (Å²) < 4.78 is 0. The first-order valence-electron chi connectivity index (χ1n) is 5.96. The van der Waals surface area contributed by atoms with E-state index < -0.39 is 0 Å². The van der Waals surface area contributed by atoms with E-state index in [0.717, 1.165) is 19.0 Å². The van der Waals surface area contributed by atoms with Crippen molar-refractivity contribution in [3.8, 4) is 6.07 Å². The molecule has 1 aliphatic carbocycles. The molecule has 1 rings (SSSR count). The second kappa shape index (κ2) is 6.09. The molecule has 0 amide bonds. The molecule has 1 atom stereocenters. The highest BCUT2D eigenvalue weighted by molar-refractivity contribution is 4.93. The molecule has 1 aliphatic rings. The second-order valence-corrected chi connectivity index (χ2v) is 5.02. The van der Waals surface area contributed by atoms with Crippen LogP contribution >= 0.6 is 0 Å². The van der Waals surface area contributed by atoms with Crippen LogP contribution < -0.4 is 5.32 Å². The lowest BCUT2D eigenvalue weighted by molar-refractivity contribution is 0.197. The van der Waals surface area contributed by atoms with Gasteiger partial charge in [-0.05, 0) is 39.7 Å². The molecule has 0 aliphatic heterocycles. The van der Waals surface area contributed by atoms with Gasteiger partial charge in [0.15, 0.2) is 0 Å². The number of nitriles is 1. The van der Waals surface area contributed by atoms with E-state index in [-0.39, 0.29) is 6.04 Å². The van der Waals surface area contributed by atoms with Crippen molar-refractivity contribution in [1.82, 2.24) is 10.2 Å². The molecular weight excluding hydrogens is 186 g/mol. The van der Waals surface area contributed by atoms with E-state index in [0.29, 0.717) is 6.04 Å². The van der Waals surface area contributed by atoms with Crippen LogP contribution in [0.4, 0.5) is 0 Å². The second-order valence-electron chi connectivity index (χ2n) is 5.02. The third-order valence-corrected chi connectivity index (χ3v) is 2.98. The molecule has 0 saturated heterocycles. The van der Waals surface area contributed by atoms with E-state index in [9.17, 15) is 0 Å². The average molecular weight is 209 g/mol. The molecule has 0 aromatic rings. The fraction of sp³-hybridized carbons (Fsp3) is 0.917. The Balaban J connectivity index is 2.21. The van der Waals surface area contributed by atoms with Crippen LogP contribution in [0.2, 0.25) is 0 Å². The molecule has 3 heteroatoms. The maximum absolute atomic E-state index is 8.99. The van der Waals surface area contributed by atoms with Crippen molar-refractivity contribution in [2.45, 2.75) is 45.2 Å². The Kier molecular flexibility index (Phi) is 5.07. The van der Waals surface area contributed by atoms with Crippen molar-refractivity contribution in [3.05, 3.63) is 0 Å². The van der Waals surface area contributed by atoms with Crippen molar-refractivity contribution >= 4 is 0 Å². The molecule has 15 heavy (non-hydrogen) atoms. The number of nitrogens with zero attached hydrogens (tertiary/aromatic N) is 2. The predicted molar refractivity (Wildman–Crippen MR) is 62.5 cm³/mol.